The third-order valence-corrected chi connectivity index (χ3v) is 4.04. The highest BCUT2D eigenvalue weighted by Crippen LogP contribution is 2.18. The lowest BCUT2D eigenvalue weighted by Crippen LogP contribution is -2.55. The van der Waals surface area contributed by atoms with E-state index in [1.54, 1.807) is 0 Å². The minimum Gasteiger partial charge on any atom is -0.350 e. The molecule has 1 atom stereocenters. The number of nitrogens with one attached hydrogen (secondary N) is 1. The van der Waals surface area contributed by atoms with Gasteiger partial charge >= 0.3 is 0 Å². The smallest absolute Gasteiger partial charge is 0.241 e. The maximum Gasteiger partial charge on any atom is 0.241 e. The van der Waals surface area contributed by atoms with Crippen LogP contribution < -0.4 is 11.1 Å². The molecule has 1 fully saturated rings. The van der Waals surface area contributed by atoms with Crippen molar-refractivity contribution in [3.05, 3.63) is 35.4 Å². The molecule has 1 aliphatic rings. The van der Waals surface area contributed by atoms with Gasteiger partial charge in [0.2, 0.25) is 5.91 Å². The lowest BCUT2D eigenvalue weighted by molar-refractivity contribution is -0.126. The molecule has 0 spiro atoms. The van der Waals surface area contributed by atoms with Gasteiger partial charge in [-0.1, -0.05) is 38.1 Å². The van der Waals surface area contributed by atoms with Gasteiger partial charge in [-0.05, 0) is 30.5 Å². The highest BCUT2D eigenvalue weighted by molar-refractivity contribution is 5.86. The largest absolute Gasteiger partial charge is 0.350 e. The molecular weight excluding hydrogens is 250 g/mol. The van der Waals surface area contributed by atoms with Crippen molar-refractivity contribution < 1.29 is 4.79 Å². The van der Waals surface area contributed by atoms with E-state index in [1.807, 2.05) is 7.05 Å². The first-order chi connectivity index (χ1) is 9.40. The highest BCUT2D eigenvalue weighted by atomic mass is 16.2. The molecule has 1 aliphatic heterocycles. The molecule has 1 aromatic carbocycles. The van der Waals surface area contributed by atoms with Gasteiger partial charge in [-0.15, -0.1) is 0 Å². The Labute approximate surface area is 121 Å². The quantitative estimate of drug-likeness (QED) is 0.874. The van der Waals surface area contributed by atoms with Crippen LogP contribution in [0.25, 0.3) is 0 Å². The Morgan fingerprint density at radius 1 is 1.40 bits per heavy atom. The average Bonchev–Trinajstić information content (AvgIpc) is 2.77. The van der Waals surface area contributed by atoms with Crippen LogP contribution in [0.4, 0.5) is 0 Å². The van der Waals surface area contributed by atoms with Gasteiger partial charge in [-0.25, -0.2) is 0 Å². The molecule has 0 aliphatic carbocycles. The Bertz CT molecular complexity index is 469. The average molecular weight is 275 g/mol. The van der Waals surface area contributed by atoms with Crippen LogP contribution in [0.2, 0.25) is 0 Å². The van der Waals surface area contributed by atoms with Crippen molar-refractivity contribution >= 4 is 5.91 Å². The summed E-state index contributed by atoms with van der Waals surface area (Å²) in [6, 6.07) is 8.38. The van der Waals surface area contributed by atoms with Crippen LogP contribution in [0.5, 0.6) is 0 Å². The fraction of sp³-hybridized carbons (Fsp3) is 0.562. The van der Waals surface area contributed by atoms with Crippen molar-refractivity contribution in [2.45, 2.75) is 38.3 Å². The van der Waals surface area contributed by atoms with Gasteiger partial charge in [0.1, 0.15) is 5.54 Å². The molecule has 3 N–H and O–H groups in total. The Hall–Kier alpha value is -1.39. The van der Waals surface area contributed by atoms with Gasteiger partial charge in [-0.3, -0.25) is 4.79 Å². The molecule has 1 amide bonds. The minimum atomic E-state index is -0.730. The van der Waals surface area contributed by atoms with Crippen LogP contribution in [-0.4, -0.2) is 36.5 Å². The number of rotatable bonds is 4. The molecule has 1 saturated heterocycles. The molecule has 20 heavy (non-hydrogen) atoms. The zero-order chi connectivity index (χ0) is 14.8. The zero-order valence-corrected chi connectivity index (χ0v) is 12.6. The Morgan fingerprint density at radius 2 is 2.05 bits per heavy atom. The van der Waals surface area contributed by atoms with E-state index in [4.69, 9.17) is 5.73 Å². The van der Waals surface area contributed by atoms with E-state index in [-0.39, 0.29) is 5.91 Å². The second kappa shape index (κ2) is 5.94. The van der Waals surface area contributed by atoms with Gasteiger partial charge in [-0.2, -0.15) is 0 Å². The molecular formula is C16H25N3O. The number of likely N-dealkylation sites (N-methyl/N-ethyl adjacent to an activating group) is 1. The minimum absolute atomic E-state index is 0.0465. The van der Waals surface area contributed by atoms with E-state index < -0.39 is 5.54 Å². The predicted molar refractivity (Wildman–Crippen MR) is 81.4 cm³/mol. The number of carbonyl (C=O) groups excluding carboxylic acids is 1. The fourth-order valence-electron chi connectivity index (χ4n) is 2.59. The summed E-state index contributed by atoms with van der Waals surface area (Å²) in [6.45, 7) is 6.40. The van der Waals surface area contributed by atoms with E-state index >= 15 is 0 Å². The Morgan fingerprint density at radius 3 is 2.55 bits per heavy atom. The fourth-order valence-corrected chi connectivity index (χ4v) is 2.59. The number of benzene rings is 1. The second-order valence-electron chi connectivity index (χ2n) is 6.22. The molecule has 4 nitrogen and oxygen atoms in total. The summed E-state index contributed by atoms with van der Waals surface area (Å²) in [5.74, 6) is 0.481. The van der Waals surface area contributed by atoms with Gasteiger partial charge in [0.15, 0.2) is 0 Å². The van der Waals surface area contributed by atoms with E-state index in [0.717, 1.165) is 18.5 Å². The van der Waals surface area contributed by atoms with Crippen molar-refractivity contribution in [3.63, 3.8) is 0 Å². The molecule has 0 aromatic heterocycles. The Kier molecular flexibility index (Phi) is 4.45. The molecule has 0 radical (unpaired) electrons. The number of likely N-dealkylation sites (tertiary alicyclic amines) is 1. The number of nitrogens with zero attached hydrogens (tertiary/aromatic N) is 1. The molecule has 2 rings (SSSR count). The zero-order valence-electron chi connectivity index (χ0n) is 12.6. The van der Waals surface area contributed by atoms with E-state index in [9.17, 15) is 4.79 Å². The van der Waals surface area contributed by atoms with Gasteiger partial charge in [0.05, 0.1) is 0 Å². The lowest BCUT2D eigenvalue weighted by Gasteiger charge is -2.22. The summed E-state index contributed by atoms with van der Waals surface area (Å²) < 4.78 is 0. The molecule has 0 saturated carbocycles. The van der Waals surface area contributed by atoms with E-state index in [1.165, 1.54) is 5.56 Å². The second-order valence-corrected chi connectivity index (χ2v) is 6.22. The number of nitrogens with two attached hydrogens (primary N) is 1. The summed E-state index contributed by atoms with van der Waals surface area (Å²) >= 11 is 0. The lowest BCUT2D eigenvalue weighted by atomic mass is 9.98. The maximum absolute atomic E-state index is 12.2. The van der Waals surface area contributed by atoms with Crippen LogP contribution in [0.3, 0.4) is 0 Å². The Balaban J connectivity index is 1.90. The summed E-state index contributed by atoms with van der Waals surface area (Å²) in [5, 5.41) is 2.96. The van der Waals surface area contributed by atoms with Crippen molar-refractivity contribution in [1.82, 2.24) is 10.2 Å². The molecule has 1 aromatic rings. The maximum atomic E-state index is 12.2. The molecule has 110 valence electrons. The standard InChI is InChI=1S/C16H25N3O/c1-12(2)14-6-4-13(5-7-14)10-18-15(20)16(17)8-9-19(3)11-16/h4-7,12H,8-11,17H2,1-3H3,(H,18,20). The third kappa shape index (κ3) is 3.38. The van der Waals surface area contributed by atoms with E-state index in [2.05, 4.69) is 48.3 Å². The van der Waals surface area contributed by atoms with Crippen molar-refractivity contribution in [2.24, 2.45) is 5.73 Å². The summed E-state index contributed by atoms with van der Waals surface area (Å²) in [7, 11) is 1.99. The molecule has 1 heterocycles. The van der Waals surface area contributed by atoms with Crippen LogP contribution in [0.1, 0.15) is 37.3 Å². The van der Waals surface area contributed by atoms with Crippen LogP contribution in [-0.2, 0) is 11.3 Å². The van der Waals surface area contributed by atoms with Crippen molar-refractivity contribution in [2.75, 3.05) is 20.1 Å². The first-order valence-corrected chi connectivity index (χ1v) is 7.25. The van der Waals surface area contributed by atoms with E-state index in [0.29, 0.717) is 19.0 Å². The first kappa shape index (κ1) is 15.0. The third-order valence-electron chi connectivity index (χ3n) is 4.04. The van der Waals surface area contributed by atoms with Crippen molar-refractivity contribution in [1.29, 1.82) is 0 Å². The number of carbonyl (C=O) groups is 1. The van der Waals surface area contributed by atoms with Gasteiger partial charge < -0.3 is 16.0 Å². The number of hydrogen-bond donors (Lipinski definition) is 2. The first-order valence-electron chi connectivity index (χ1n) is 7.25. The summed E-state index contributed by atoms with van der Waals surface area (Å²) in [4.78, 5) is 14.3. The summed E-state index contributed by atoms with van der Waals surface area (Å²) in [5.41, 5.74) is 7.86. The molecule has 4 heteroatoms. The highest BCUT2D eigenvalue weighted by Gasteiger charge is 2.39. The molecule has 1 unspecified atom stereocenters. The van der Waals surface area contributed by atoms with Gasteiger partial charge in [0, 0.05) is 19.6 Å². The summed E-state index contributed by atoms with van der Waals surface area (Å²) in [6.07, 6.45) is 0.724. The van der Waals surface area contributed by atoms with Crippen LogP contribution in [0.15, 0.2) is 24.3 Å². The number of amides is 1. The van der Waals surface area contributed by atoms with Crippen molar-refractivity contribution in [3.8, 4) is 0 Å². The monoisotopic (exact) mass is 275 g/mol. The van der Waals surface area contributed by atoms with Crippen LogP contribution in [0, 0.1) is 0 Å². The normalized spacial score (nSPS) is 23.2. The molecule has 0 bridgehead atoms. The van der Waals surface area contributed by atoms with Crippen LogP contribution >= 0.6 is 0 Å². The SMILES string of the molecule is CC(C)c1ccc(CNC(=O)C2(N)CCN(C)C2)cc1. The number of hydrogen-bond acceptors (Lipinski definition) is 3. The predicted octanol–water partition coefficient (Wildman–Crippen LogP) is 1.46. The topological polar surface area (TPSA) is 58.4 Å². The van der Waals surface area contributed by atoms with Gasteiger partial charge in [0.25, 0.3) is 0 Å².